The van der Waals surface area contributed by atoms with Crippen molar-refractivity contribution in [2.75, 3.05) is 0 Å². The predicted octanol–water partition coefficient (Wildman–Crippen LogP) is 0.981. The summed E-state index contributed by atoms with van der Waals surface area (Å²) < 4.78 is 0. The minimum Gasteiger partial charge on any atom is -0.481 e. The lowest BCUT2D eigenvalue weighted by molar-refractivity contribution is -0.146. The standard InChI is InChI=1S/C12H16N2O3/c1-3-9-5-4-6-13-10(9)7-14-11(15)8(2)12(16)17/h4-6,8H,3,7H2,1-2H3,(H,14,15)(H,16,17). The molecule has 1 aromatic heterocycles. The maximum absolute atomic E-state index is 11.4. The van der Waals surface area contributed by atoms with Crippen LogP contribution >= 0.6 is 0 Å². The van der Waals surface area contributed by atoms with Crippen molar-refractivity contribution in [2.45, 2.75) is 26.8 Å². The van der Waals surface area contributed by atoms with Gasteiger partial charge in [0.2, 0.25) is 5.91 Å². The van der Waals surface area contributed by atoms with Gasteiger partial charge in [-0.1, -0.05) is 13.0 Å². The summed E-state index contributed by atoms with van der Waals surface area (Å²) in [6.45, 7) is 3.62. The summed E-state index contributed by atoms with van der Waals surface area (Å²) in [6, 6.07) is 3.78. The Kier molecular flexibility index (Phi) is 4.63. The highest BCUT2D eigenvalue weighted by molar-refractivity contribution is 5.96. The summed E-state index contributed by atoms with van der Waals surface area (Å²) in [7, 11) is 0. The molecule has 0 saturated carbocycles. The zero-order chi connectivity index (χ0) is 12.8. The van der Waals surface area contributed by atoms with Crippen LogP contribution in [0.15, 0.2) is 18.3 Å². The molecule has 0 radical (unpaired) electrons. The average molecular weight is 236 g/mol. The quantitative estimate of drug-likeness (QED) is 0.747. The molecule has 1 atom stereocenters. The molecule has 2 N–H and O–H groups in total. The van der Waals surface area contributed by atoms with Crippen LogP contribution in [0.3, 0.4) is 0 Å². The van der Waals surface area contributed by atoms with Gasteiger partial charge < -0.3 is 10.4 Å². The Morgan fingerprint density at radius 2 is 2.24 bits per heavy atom. The van der Waals surface area contributed by atoms with E-state index in [9.17, 15) is 9.59 Å². The topological polar surface area (TPSA) is 79.3 Å². The number of nitrogens with one attached hydrogen (secondary N) is 1. The van der Waals surface area contributed by atoms with Crippen LogP contribution in [-0.2, 0) is 22.6 Å². The van der Waals surface area contributed by atoms with Gasteiger partial charge in [-0.05, 0) is 25.0 Å². The van der Waals surface area contributed by atoms with Gasteiger partial charge in [0, 0.05) is 6.20 Å². The second-order valence-corrected chi connectivity index (χ2v) is 3.74. The van der Waals surface area contributed by atoms with Crippen molar-refractivity contribution in [3.63, 3.8) is 0 Å². The van der Waals surface area contributed by atoms with E-state index in [-0.39, 0.29) is 6.54 Å². The maximum atomic E-state index is 11.4. The van der Waals surface area contributed by atoms with Crippen molar-refractivity contribution in [3.8, 4) is 0 Å². The fourth-order valence-corrected chi connectivity index (χ4v) is 1.39. The molecule has 0 aliphatic carbocycles. The Morgan fingerprint density at radius 1 is 1.53 bits per heavy atom. The molecule has 5 nitrogen and oxygen atoms in total. The van der Waals surface area contributed by atoms with Gasteiger partial charge in [-0.3, -0.25) is 14.6 Å². The van der Waals surface area contributed by atoms with E-state index in [1.165, 1.54) is 6.92 Å². The molecule has 1 heterocycles. The highest BCUT2D eigenvalue weighted by atomic mass is 16.4. The Bertz CT molecular complexity index is 418. The molecule has 5 heteroatoms. The predicted molar refractivity (Wildman–Crippen MR) is 62.3 cm³/mol. The Hall–Kier alpha value is -1.91. The summed E-state index contributed by atoms with van der Waals surface area (Å²) in [4.78, 5) is 26.2. The first kappa shape index (κ1) is 13.2. The van der Waals surface area contributed by atoms with Crippen LogP contribution < -0.4 is 5.32 Å². The van der Waals surface area contributed by atoms with Crippen molar-refractivity contribution >= 4 is 11.9 Å². The van der Waals surface area contributed by atoms with Gasteiger partial charge in [0.15, 0.2) is 0 Å². The van der Waals surface area contributed by atoms with Gasteiger partial charge in [0.25, 0.3) is 0 Å². The number of aliphatic carboxylic acids is 1. The minimum absolute atomic E-state index is 0.264. The monoisotopic (exact) mass is 236 g/mol. The Labute approximate surface area is 99.9 Å². The maximum Gasteiger partial charge on any atom is 0.315 e. The van der Waals surface area contributed by atoms with Crippen LogP contribution in [0.2, 0.25) is 0 Å². The summed E-state index contributed by atoms with van der Waals surface area (Å²) in [6.07, 6.45) is 2.48. The van der Waals surface area contributed by atoms with Crippen LogP contribution in [0.1, 0.15) is 25.1 Å². The third-order valence-electron chi connectivity index (χ3n) is 2.56. The van der Waals surface area contributed by atoms with Gasteiger partial charge >= 0.3 is 5.97 Å². The summed E-state index contributed by atoms with van der Waals surface area (Å²) in [5.74, 6) is -2.66. The number of carboxylic acid groups (broad SMARTS) is 1. The molecule has 0 fully saturated rings. The molecule has 92 valence electrons. The van der Waals surface area contributed by atoms with Crippen LogP contribution in [0.5, 0.6) is 0 Å². The van der Waals surface area contributed by atoms with E-state index in [2.05, 4.69) is 10.3 Å². The lowest BCUT2D eigenvalue weighted by atomic mass is 10.1. The third-order valence-corrected chi connectivity index (χ3v) is 2.56. The number of aromatic nitrogens is 1. The number of carboxylic acids is 1. The Balaban J connectivity index is 2.61. The van der Waals surface area contributed by atoms with Crippen molar-refractivity contribution in [1.82, 2.24) is 10.3 Å². The number of nitrogens with zero attached hydrogens (tertiary/aromatic N) is 1. The second-order valence-electron chi connectivity index (χ2n) is 3.74. The van der Waals surface area contributed by atoms with Crippen LogP contribution in [0, 0.1) is 5.92 Å². The van der Waals surface area contributed by atoms with E-state index in [1.54, 1.807) is 6.20 Å². The molecule has 0 aliphatic rings. The van der Waals surface area contributed by atoms with E-state index in [4.69, 9.17) is 5.11 Å². The normalized spacial score (nSPS) is 11.9. The number of aryl methyl sites for hydroxylation is 1. The summed E-state index contributed by atoms with van der Waals surface area (Å²) >= 11 is 0. The summed E-state index contributed by atoms with van der Waals surface area (Å²) in [5.41, 5.74) is 1.83. The van der Waals surface area contributed by atoms with E-state index in [0.717, 1.165) is 17.7 Å². The number of hydrogen-bond donors (Lipinski definition) is 2. The van der Waals surface area contributed by atoms with Crippen LogP contribution in [-0.4, -0.2) is 22.0 Å². The Morgan fingerprint density at radius 3 is 2.82 bits per heavy atom. The molecule has 1 rings (SSSR count). The van der Waals surface area contributed by atoms with E-state index >= 15 is 0 Å². The lowest BCUT2D eigenvalue weighted by Crippen LogP contribution is -2.33. The van der Waals surface area contributed by atoms with Crippen LogP contribution in [0.4, 0.5) is 0 Å². The molecule has 1 aromatic rings. The molecule has 1 unspecified atom stereocenters. The van der Waals surface area contributed by atoms with Gasteiger partial charge in [-0.2, -0.15) is 0 Å². The lowest BCUT2D eigenvalue weighted by Gasteiger charge is -2.10. The first-order valence-corrected chi connectivity index (χ1v) is 5.49. The number of amides is 1. The van der Waals surface area contributed by atoms with Crippen molar-refractivity contribution in [2.24, 2.45) is 5.92 Å². The minimum atomic E-state index is -1.13. The first-order chi connectivity index (χ1) is 8.06. The molecule has 1 amide bonds. The molecule has 0 aromatic carbocycles. The molecular formula is C12H16N2O3. The van der Waals surface area contributed by atoms with E-state index < -0.39 is 17.8 Å². The fourth-order valence-electron chi connectivity index (χ4n) is 1.39. The number of rotatable bonds is 5. The SMILES string of the molecule is CCc1cccnc1CNC(=O)C(C)C(=O)O. The zero-order valence-corrected chi connectivity index (χ0v) is 9.93. The molecule has 0 spiro atoms. The average Bonchev–Trinajstić information content (AvgIpc) is 2.35. The number of carbonyl (C=O) groups excluding carboxylic acids is 1. The number of hydrogen-bond acceptors (Lipinski definition) is 3. The summed E-state index contributed by atoms with van der Waals surface area (Å²) in [5, 5.41) is 11.2. The number of pyridine rings is 1. The van der Waals surface area contributed by atoms with Gasteiger partial charge in [0.1, 0.15) is 5.92 Å². The fraction of sp³-hybridized carbons (Fsp3) is 0.417. The second kappa shape index (κ2) is 5.98. The highest BCUT2D eigenvalue weighted by Gasteiger charge is 2.20. The van der Waals surface area contributed by atoms with Gasteiger partial charge in [-0.25, -0.2) is 0 Å². The van der Waals surface area contributed by atoms with Gasteiger partial charge in [-0.15, -0.1) is 0 Å². The molecule has 17 heavy (non-hydrogen) atoms. The van der Waals surface area contributed by atoms with Crippen molar-refractivity contribution in [1.29, 1.82) is 0 Å². The highest BCUT2D eigenvalue weighted by Crippen LogP contribution is 2.06. The smallest absolute Gasteiger partial charge is 0.315 e. The number of carbonyl (C=O) groups is 2. The van der Waals surface area contributed by atoms with Crippen LogP contribution in [0.25, 0.3) is 0 Å². The van der Waals surface area contributed by atoms with Crippen molar-refractivity contribution < 1.29 is 14.7 Å². The van der Waals surface area contributed by atoms with E-state index in [1.807, 2.05) is 19.1 Å². The molecule has 0 aliphatic heterocycles. The first-order valence-electron chi connectivity index (χ1n) is 5.49. The zero-order valence-electron chi connectivity index (χ0n) is 9.93. The molecule has 0 saturated heterocycles. The largest absolute Gasteiger partial charge is 0.481 e. The van der Waals surface area contributed by atoms with Gasteiger partial charge in [0.05, 0.1) is 12.2 Å². The third kappa shape index (κ3) is 3.55. The molecular weight excluding hydrogens is 220 g/mol. The molecule has 0 bridgehead atoms. The van der Waals surface area contributed by atoms with Crippen molar-refractivity contribution in [3.05, 3.63) is 29.6 Å². The van der Waals surface area contributed by atoms with E-state index in [0.29, 0.717) is 0 Å².